The number of nitrogens with zero attached hydrogens (tertiary/aromatic N) is 5. The number of fused-ring (bicyclic) bond motifs is 8. The average molecular weight is 550 g/mol. The Hall–Kier alpha value is -5.94. The second kappa shape index (κ2) is 9.29. The maximum absolute atomic E-state index is 5.03. The SMILES string of the molecule is c1ccc(-n2c(-c3ccc(-c4ccc5c(ccc6c5ccc5c7cccnc7ccc56)n4)nc3)nc3ccccc32)cc1. The quantitative estimate of drug-likeness (QED) is 0.206. The minimum Gasteiger partial charge on any atom is -0.292 e. The van der Waals surface area contributed by atoms with Crippen LogP contribution in [-0.4, -0.2) is 24.5 Å². The van der Waals surface area contributed by atoms with Gasteiger partial charge in [-0.25, -0.2) is 9.97 Å². The molecule has 4 aromatic heterocycles. The normalized spacial score (nSPS) is 11.7. The van der Waals surface area contributed by atoms with Crippen LogP contribution in [0.3, 0.4) is 0 Å². The molecule has 0 atom stereocenters. The number of hydrogen-bond acceptors (Lipinski definition) is 4. The third-order valence-electron chi connectivity index (χ3n) is 8.31. The summed E-state index contributed by atoms with van der Waals surface area (Å²) in [6, 6.07) is 44.0. The van der Waals surface area contributed by atoms with Crippen molar-refractivity contribution in [3.05, 3.63) is 140 Å². The highest BCUT2D eigenvalue weighted by molar-refractivity contribution is 6.21. The zero-order chi connectivity index (χ0) is 28.3. The van der Waals surface area contributed by atoms with Crippen molar-refractivity contribution in [1.82, 2.24) is 24.5 Å². The van der Waals surface area contributed by atoms with Crippen LogP contribution < -0.4 is 0 Å². The predicted octanol–water partition coefficient (Wildman–Crippen LogP) is 9.16. The first-order valence-corrected chi connectivity index (χ1v) is 14.3. The fourth-order valence-electron chi connectivity index (χ4n) is 6.28. The second-order valence-corrected chi connectivity index (χ2v) is 10.7. The van der Waals surface area contributed by atoms with E-state index < -0.39 is 0 Å². The molecule has 0 unspecified atom stereocenters. The van der Waals surface area contributed by atoms with Crippen LogP contribution in [0.1, 0.15) is 0 Å². The Labute approximate surface area is 246 Å². The van der Waals surface area contributed by atoms with Gasteiger partial charge in [0, 0.05) is 34.4 Å². The molecule has 0 amide bonds. The van der Waals surface area contributed by atoms with Gasteiger partial charge in [-0.2, -0.15) is 0 Å². The van der Waals surface area contributed by atoms with E-state index in [4.69, 9.17) is 15.0 Å². The Morgan fingerprint density at radius 2 is 1.09 bits per heavy atom. The molecule has 9 aromatic rings. The van der Waals surface area contributed by atoms with E-state index in [-0.39, 0.29) is 0 Å². The largest absolute Gasteiger partial charge is 0.292 e. The molecule has 0 aliphatic heterocycles. The van der Waals surface area contributed by atoms with Gasteiger partial charge in [-0.3, -0.25) is 14.5 Å². The average Bonchev–Trinajstić information content (AvgIpc) is 3.48. The number of imidazole rings is 1. The van der Waals surface area contributed by atoms with Gasteiger partial charge in [0.05, 0.1) is 33.5 Å². The molecule has 0 saturated heterocycles. The Bertz CT molecular complexity index is 2500. The molecule has 5 heteroatoms. The molecule has 0 aliphatic rings. The summed E-state index contributed by atoms with van der Waals surface area (Å²) in [5.74, 6) is 0.861. The van der Waals surface area contributed by atoms with E-state index in [9.17, 15) is 0 Å². The summed E-state index contributed by atoms with van der Waals surface area (Å²) in [5.41, 5.74) is 7.65. The second-order valence-electron chi connectivity index (χ2n) is 10.7. The molecule has 9 rings (SSSR count). The lowest BCUT2D eigenvalue weighted by Gasteiger charge is -2.11. The summed E-state index contributed by atoms with van der Waals surface area (Å²) in [7, 11) is 0. The number of aromatic nitrogens is 5. The van der Waals surface area contributed by atoms with Gasteiger partial charge in [-0.15, -0.1) is 0 Å². The van der Waals surface area contributed by atoms with Crippen molar-refractivity contribution in [2.24, 2.45) is 0 Å². The molecule has 200 valence electrons. The molecule has 0 aliphatic carbocycles. The van der Waals surface area contributed by atoms with E-state index in [1.165, 1.54) is 26.9 Å². The minimum absolute atomic E-state index is 0.825. The first-order chi connectivity index (χ1) is 21.3. The van der Waals surface area contributed by atoms with E-state index in [1.54, 1.807) is 0 Å². The lowest BCUT2D eigenvalue weighted by molar-refractivity contribution is 1.10. The Balaban J connectivity index is 1.13. The van der Waals surface area contributed by atoms with Gasteiger partial charge in [-0.05, 0) is 88.3 Å². The first-order valence-electron chi connectivity index (χ1n) is 14.3. The predicted molar refractivity (Wildman–Crippen MR) is 175 cm³/mol. The van der Waals surface area contributed by atoms with Gasteiger partial charge >= 0.3 is 0 Å². The van der Waals surface area contributed by atoms with Crippen LogP contribution in [-0.2, 0) is 0 Å². The molecule has 0 N–H and O–H groups in total. The smallest absolute Gasteiger partial charge is 0.147 e. The van der Waals surface area contributed by atoms with E-state index >= 15 is 0 Å². The van der Waals surface area contributed by atoms with Crippen molar-refractivity contribution in [2.75, 3.05) is 0 Å². The molecule has 0 radical (unpaired) electrons. The Kier molecular flexibility index (Phi) is 5.13. The molecule has 5 aromatic carbocycles. The molecule has 0 saturated carbocycles. The number of hydrogen-bond donors (Lipinski definition) is 0. The summed E-state index contributed by atoms with van der Waals surface area (Å²) in [6.45, 7) is 0. The molecular weight excluding hydrogens is 526 g/mol. The third-order valence-corrected chi connectivity index (χ3v) is 8.31. The molecular formula is C38H23N5. The Morgan fingerprint density at radius 1 is 0.419 bits per heavy atom. The lowest BCUT2D eigenvalue weighted by Crippen LogP contribution is -1.98. The highest BCUT2D eigenvalue weighted by Gasteiger charge is 2.15. The highest BCUT2D eigenvalue weighted by atomic mass is 15.1. The molecule has 43 heavy (non-hydrogen) atoms. The van der Waals surface area contributed by atoms with Crippen molar-refractivity contribution in [3.8, 4) is 28.5 Å². The van der Waals surface area contributed by atoms with Crippen molar-refractivity contribution >= 4 is 54.4 Å². The number of rotatable bonds is 3. The topological polar surface area (TPSA) is 56.5 Å². The lowest BCUT2D eigenvalue weighted by atomic mass is 9.96. The van der Waals surface area contributed by atoms with Gasteiger partial charge in [0.15, 0.2) is 0 Å². The Morgan fingerprint density at radius 3 is 1.91 bits per heavy atom. The molecule has 4 heterocycles. The van der Waals surface area contributed by atoms with E-state index in [1.807, 2.05) is 60.9 Å². The standard InChI is InChI=1S/C38H23N5/c1-2-7-25(8-3-1)43-37-11-5-4-10-36(37)42-38(43)24-12-18-34(40-23-24)35-21-17-31-29-14-13-28-26(27(29)16-20-33(31)41-35)15-19-32-30(28)9-6-22-39-32/h1-23H. The fourth-order valence-corrected chi connectivity index (χ4v) is 6.28. The van der Waals surface area contributed by atoms with Gasteiger partial charge in [0.25, 0.3) is 0 Å². The maximum atomic E-state index is 5.03. The number of benzene rings is 5. The summed E-state index contributed by atoms with van der Waals surface area (Å²) in [5, 5.41) is 7.14. The summed E-state index contributed by atoms with van der Waals surface area (Å²) in [6.07, 6.45) is 3.74. The van der Waals surface area contributed by atoms with Crippen LogP contribution in [0.4, 0.5) is 0 Å². The van der Waals surface area contributed by atoms with Gasteiger partial charge < -0.3 is 0 Å². The highest BCUT2D eigenvalue weighted by Crippen LogP contribution is 2.35. The molecule has 0 fully saturated rings. The fraction of sp³-hybridized carbons (Fsp3) is 0. The van der Waals surface area contributed by atoms with E-state index in [0.29, 0.717) is 0 Å². The van der Waals surface area contributed by atoms with Crippen LogP contribution >= 0.6 is 0 Å². The number of pyridine rings is 3. The summed E-state index contributed by atoms with van der Waals surface area (Å²) >= 11 is 0. The monoisotopic (exact) mass is 549 g/mol. The minimum atomic E-state index is 0.825. The molecule has 0 bridgehead atoms. The van der Waals surface area contributed by atoms with Crippen molar-refractivity contribution in [3.63, 3.8) is 0 Å². The van der Waals surface area contributed by atoms with Crippen LogP contribution in [0.5, 0.6) is 0 Å². The maximum Gasteiger partial charge on any atom is 0.147 e. The van der Waals surface area contributed by atoms with Crippen molar-refractivity contribution < 1.29 is 0 Å². The summed E-state index contributed by atoms with van der Waals surface area (Å²) < 4.78 is 2.19. The van der Waals surface area contributed by atoms with Crippen LogP contribution in [0.15, 0.2) is 140 Å². The van der Waals surface area contributed by atoms with Crippen molar-refractivity contribution in [1.29, 1.82) is 0 Å². The van der Waals surface area contributed by atoms with Crippen LogP contribution in [0, 0.1) is 0 Å². The van der Waals surface area contributed by atoms with Crippen molar-refractivity contribution in [2.45, 2.75) is 0 Å². The van der Waals surface area contributed by atoms with E-state index in [0.717, 1.165) is 55.9 Å². The zero-order valence-electron chi connectivity index (χ0n) is 23.0. The zero-order valence-corrected chi connectivity index (χ0v) is 23.0. The van der Waals surface area contributed by atoms with E-state index in [2.05, 4.69) is 88.4 Å². The van der Waals surface area contributed by atoms with Crippen LogP contribution in [0.25, 0.3) is 82.8 Å². The van der Waals surface area contributed by atoms with Gasteiger partial charge in [0.1, 0.15) is 5.82 Å². The van der Waals surface area contributed by atoms with Gasteiger partial charge in [-0.1, -0.05) is 60.7 Å². The summed E-state index contributed by atoms with van der Waals surface area (Å²) in [4.78, 5) is 19.4. The molecule has 5 nitrogen and oxygen atoms in total. The van der Waals surface area contributed by atoms with Gasteiger partial charge in [0.2, 0.25) is 0 Å². The van der Waals surface area contributed by atoms with Crippen LogP contribution in [0.2, 0.25) is 0 Å². The number of para-hydroxylation sites is 3. The first kappa shape index (κ1) is 23.7. The third kappa shape index (κ3) is 3.72. The molecule has 0 spiro atoms.